The van der Waals surface area contributed by atoms with Gasteiger partial charge in [0.2, 0.25) is 0 Å². The predicted octanol–water partition coefficient (Wildman–Crippen LogP) is 0.773. The number of aromatic nitrogens is 3. The second-order valence-corrected chi connectivity index (χ2v) is 9.90. The van der Waals surface area contributed by atoms with Crippen LogP contribution in [0.15, 0.2) is 11.3 Å². The highest BCUT2D eigenvalue weighted by atomic mass is 32.2. The van der Waals surface area contributed by atoms with E-state index in [0.29, 0.717) is 12.5 Å². The van der Waals surface area contributed by atoms with Crippen LogP contribution in [0.5, 0.6) is 0 Å². The van der Waals surface area contributed by atoms with E-state index >= 15 is 0 Å². The molecule has 0 aliphatic carbocycles. The van der Waals surface area contributed by atoms with Gasteiger partial charge in [0.15, 0.2) is 15.8 Å². The molecule has 2 N–H and O–H groups in total. The average Bonchev–Trinajstić information content (AvgIpc) is 3.05. The van der Waals surface area contributed by atoms with Crippen molar-refractivity contribution in [3.05, 3.63) is 12.2 Å². The van der Waals surface area contributed by atoms with Gasteiger partial charge in [-0.05, 0) is 33.6 Å². The molecule has 0 spiro atoms. The zero-order valence-electron chi connectivity index (χ0n) is 14.9. The van der Waals surface area contributed by atoms with Crippen molar-refractivity contribution >= 4 is 15.8 Å². The number of nitrogens with zero attached hydrogens (tertiary/aromatic N) is 4. The quantitative estimate of drug-likeness (QED) is 0.610. The highest BCUT2D eigenvalue weighted by Gasteiger charge is 2.29. The van der Waals surface area contributed by atoms with Crippen molar-refractivity contribution in [3.8, 4) is 0 Å². The van der Waals surface area contributed by atoms with E-state index < -0.39 is 14.6 Å². The number of sulfone groups is 1. The minimum Gasteiger partial charge on any atom is -0.355 e. The van der Waals surface area contributed by atoms with Crippen molar-refractivity contribution in [2.75, 3.05) is 32.4 Å². The maximum atomic E-state index is 12.2. The third-order valence-corrected chi connectivity index (χ3v) is 7.02. The van der Waals surface area contributed by atoms with Gasteiger partial charge >= 0.3 is 0 Å². The average molecular weight is 356 g/mol. The molecule has 1 saturated heterocycles. The van der Waals surface area contributed by atoms with Crippen molar-refractivity contribution in [2.24, 2.45) is 4.99 Å². The molecule has 0 saturated carbocycles. The molecule has 0 bridgehead atoms. The molecule has 2 rings (SSSR count). The number of hydrogen-bond acceptors (Lipinski definition) is 5. The third-order valence-electron chi connectivity index (χ3n) is 4.41. The van der Waals surface area contributed by atoms with E-state index in [1.54, 1.807) is 27.8 Å². The van der Waals surface area contributed by atoms with E-state index in [4.69, 9.17) is 0 Å². The molecule has 1 aromatic rings. The lowest BCUT2D eigenvalue weighted by atomic mass is 9.96. The lowest BCUT2D eigenvalue weighted by Crippen LogP contribution is -2.47. The van der Waals surface area contributed by atoms with E-state index in [9.17, 15) is 8.42 Å². The maximum absolute atomic E-state index is 12.2. The summed E-state index contributed by atoms with van der Waals surface area (Å²) in [5, 5.41) is 10.0. The van der Waals surface area contributed by atoms with Crippen LogP contribution in [0, 0.1) is 0 Å². The van der Waals surface area contributed by atoms with Gasteiger partial charge in [0.25, 0.3) is 0 Å². The first-order valence-corrected chi connectivity index (χ1v) is 9.93. The maximum Gasteiger partial charge on any atom is 0.193 e. The number of guanidine groups is 1. The summed E-state index contributed by atoms with van der Waals surface area (Å²) < 4.78 is 23.6. The largest absolute Gasteiger partial charge is 0.355 e. The van der Waals surface area contributed by atoms with Crippen LogP contribution in [0.4, 0.5) is 0 Å². The topological polar surface area (TPSA) is 103 Å². The van der Waals surface area contributed by atoms with Crippen LogP contribution < -0.4 is 5.32 Å². The summed E-state index contributed by atoms with van der Waals surface area (Å²) in [4.78, 5) is 10.7. The molecule has 0 unspecified atom stereocenters. The van der Waals surface area contributed by atoms with Gasteiger partial charge in [0.1, 0.15) is 12.2 Å². The molecule has 1 aromatic heterocycles. The van der Waals surface area contributed by atoms with E-state index in [-0.39, 0.29) is 5.75 Å². The van der Waals surface area contributed by atoms with Crippen molar-refractivity contribution in [3.63, 3.8) is 0 Å². The Morgan fingerprint density at radius 3 is 2.58 bits per heavy atom. The van der Waals surface area contributed by atoms with Gasteiger partial charge in [-0.15, -0.1) is 0 Å². The second-order valence-electron chi connectivity index (χ2n) is 7.04. The van der Waals surface area contributed by atoms with E-state index in [1.165, 1.54) is 6.33 Å². The molecule has 0 aromatic carbocycles. The van der Waals surface area contributed by atoms with E-state index in [1.807, 2.05) is 0 Å². The number of likely N-dealkylation sites (tertiary alicyclic amines) is 1. The molecular formula is C15H28N6O2S. The Kier molecular flexibility index (Phi) is 5.84. The molecule has 0 atom stereocenters. The molecule has 0 radical (unpaired) electrons. The minimum absolute atomic E-state index is 0.101. The number of piperidine rings is 1. The molecule has 0 amide bonds. The molecule has 1 aliphatic rings. The van der Waals surface area contributed by atoms with Gasteiger partial charge in [-0.1, -0.05) is 0 Å². The van der Waals surface area contributed by atoms with E-state index in [2.05, 4.69) is 30.4 Å². The van der Waals surface area contributed by atoms with Gasteiger partial charge in [-0.3, -0.25) is 10.1 Å². The smallest absolute Gasteiger partial charge is 0.193 e. The van der Waals surface area contributed by atoms with Crippen molar-refractivity contribution in [1.29, 1.82) is 0 Å². The fourth-order valence-electron chi connectivity index (χ4n) is 2.71. The molecule has 8 nitrogen and oxygen atoms in total. The zero-order valence-corrected chi connectivity index (χ0v) is 15.7. The van der Waals surface area contributed by atoms with Gasteiger partial charge in [0, 0.05) is 32.6 Å². The minimum atomic E-state index is -3.13. The fraction of sp³-hybridized carbons (Fsp3) is 0.800. The Morgan fingerprint density at radius 1 is 1.42 bits per heavy atom. The summed E-state index contributed by atoms with van der Waals surface area (Å²) >= 11 is 0. The first-order chi connectivity index (χ1) is 11.2. The Labute approximate surface area is 144 Å². The van der Waals surface area contributed by atoms with Crippen molar-refractivity contribution < 1.29 is 8.42 Å². The van der Waals surface area contributed by atoms with Crippen LogP contribution in [0.1, 0.15) is 45.4 Å². The monoisotopic (exact) mass is 356 g/mol. The highest BCUT2D eigenvalue weighted by Crippen LogP contribution is 2.24. The SMILES string of the molecule is CN=C(NCCS(=O)(=O)C(C)(C)C)N1CCC(c2ncn[nH]2)CC1. The van der Waals surface area contributed by atoms with Crippen LogP contribution in [-0.2, 0) is 9.84 Å². The molecule has 24 heavy (non-hydrogen) atoms. The van der Waals surface area contributed by atoms with Crippen LogP contribution in [0.3, 0.4) is 0 Å². The molecule has 9 heteroatoms. The second kappa shape index (κ2) is 7.50. The molecule has 136 valence electrons. The summed E-state index contributed by atoms with van der Waals surface area (Å²) in [6.07, 6.45) is 3.48. The molecule has 2 heterocycles. The Morgan fingerprint density at radius 2 is 2.08 bits per heavy atom. The summed E-state index contributed by atoms with van der Waals surface area (Å²) in [5.41, 5.74) is 0. The van der Waals surface area contributed by atoms with Crippen LogP contribution in [0.2, 0.25) is 0 Å². The summed E-state index contributed by atoms with van der Waals surface area (Å²) in [5.74, 6) is 2.19. The van der Waals surface area contributed by atoms with Gasteiger partial charge < -0.3 is 10.2 Å². The summed E-state index contributed by atoms with van der Waals surface area (Å²) in [6.45, 7) is 7.27. The predicted molar refractivity (Wildman–Crippen MR) is 94.8 cm³/mol. The zero-order chi connectivity index (χ0) is 17.8. The lowest BCUT2D eigenvalue weighted by Gasteiger charge is -2.33. The Balaban J connectivity index is 1.83. The van der Waals surface area contributed by atoms with Crippen molar-refractivity contribution in [2.45, 2.75) is 44.3 Å². The normalized spacial score (nSPS) is 18.0. The molecule has 1 aliphatic heterocycles. The van der Waals surface area contributed by atoms with Crippen LogP contribution >= 0.6 is 0 Å². The highest BCUT2D eigenvalue weighted by molar-refractivity contribution is 7.92. The van der Waals surface area contributed by atoms with Crippen LogP contribution in [0.25, 0.3) is 0 Å². The summed E-state index contributed by atoms with van der Waals surface area (Å²) in [6, 6.07) is 0. The first-order valence-electron chi connectivity index (χ1n) is 8.28. The van der Waals surface area contributed by atoms with Gasteiger partial charge in [0.05, 0.1) is 10.5 Å². The first kappa shape index (κ1) is 18.7. The van der Waals surface area contributed by atoms with Crippen LogP contribution in [-0.4, -0.2) is 71.6 Å². The van der Waals surface area contributed by atoms with Gasteiger partial charge in [-0.25, -0.2) is 13.4 Å². The van der Waals surface area contributed by atoms with Crippen molar-refractivity contribution in [1.82, 2.24) is 25.4 Å². The number of hydrogen-bond donors (Lipinski definition) is 2. The number of H-pyrrole nitrogens is 1. The Bertz CT molecular complexity index is 640. The standard InChI is InChI=1S/C15H28N6O2S/c1-15(2,3)24(22,23)10-7-17-14(16-4)21-8-5-12(6-9-21)13-18-11-19-20-13/h11-12H,5-10H2,1-4H3,(H,16,17)(H,18,19,20). The lowest BCUT2D eigenvalue weighted by molar-refractivity contribution is 0.299. The molecular weight excluding hydrogens is 328 g/mol. The Hall–Kier alpha value is -1.64. The summed E-state index contributed by atoms with van der Waals surface area (Å²) in [7, 11) is -1.40. The van der Waals surface area contributed by atoms with E-state index in [0.717, 1.165) is 37.7 Å². The van der Waals surface area contributed by atoms with Gasteiger partial charge in [-0.2, -0.15) is 5.10 Å². The number of rotatable bonds is 4. The number of nitrogens with one attached hydrogen (secondary N) is 2. The third kappa shape index (κ3) is 4.46. The fourth-order valence-corrected chi connectivity index (χ4v) is 3.70. The molecule has 1 fully saturated rings. The number of aromatic amines is 1. The number of aliphatic imine (C=N–C) groups is 1.